The Kier molecular flexibility index (Phi) is 18.1. The smallest absolute Gasteiger partial charge is 0.412 e. The number of aliphatic carboxylic acids is 1. The number of rotatable bonds is 10. The van der Waals surface area contributed by atoms with Gasteiger partial charge in [-0.2, -0.15) is 13.2 Å². The van der Waals surface area contributed by atoms with Gasteiger partial charge in [-0.1, -0.05) is 51.5 Å². The maximum Gasteiger partial charge on any atom is 0.412 e. The Morgan fingerprint density at radius 2 is 1.58 bits per heavy atom. The van der Waals surface area contributed by atoms with Crippen molar-refractivity contribution >= 4 is 11.8 Å². The van der Waals surface area contributed by atoms with E-state index >= 15 is 0 Å². The molecule has 1 unspecified atom stereocenters. The van der Waals surface area contributed by atoms with E-state index in [1.807, 2.05) is 0 Å². The molecular formula is C27H38F5NO3. The zero-order chi connectivity index (χ0) is 28.5. The molecule has 4 nitrogen and oxygen atoms in total. The zero-order valence-corrected chi connectivity index (χ0v) is 21.6. The molecule has 0 bridgehead atoms. The Hall–Kier alpha value is -2.81. The summed E-state index contributed by atoms with van der Waals surface area (Å²) >= 11 is 0. The number of ketones is 1. The first-order valence-electron chi connectivity index (χ1n) is 11.6. The molecule has 0 saturated carbocycles. The van der Waals surface area contributed by atoms with Gasteiger partial charge < -0.3 is 10.8 Å². The molecule has 0 spiro atoms. The van der Waals surface area contributed by atoms with Crippen molar-refractivity contribution in [3.63, 3.8) is 0 Å². The van der Waals surface area contributed by atoms with Gasteiger partial charge in [-0.25, -0.2) is 8.78 Å². The number of Topliss-reactive ketones (excluding diaryl/α,β-unsaturated/α-hetero) is 1. The van der Waals surface area contributed by atoms with Crippen LogP contribution in [0, 0.1) is 17.6 Å². The number of carboxylic acid groups (broad SMARTS) is 1. The molecule has 0 fully saturated rings. The highest BCUT2D eigenvalue weighted by Gasteiger charge is 2.29. The van der Waals surface area contributed by atoms with Crippen molar-refractivity contribution < 1.29 is 36.6 Å². The molecule has 0 aliphatic carbocycles. The summed E-state index contributed by atoms with van der Waals surface area (Å²) in [4.78, 5) is 19.6. The van der Waals surface area contributed by atoms with E-state index < -0.39 is 23.5 Å². The number of hydrogen-bond donors (Lipinski definition) is 2. The molecule has 1 atom stereocenters. The number of carboxylic acids is 1. The van der Waals surface area contributed by atoms with E-state index in [2.05, 4.69) is 20.4 Å². The molecule has 0 saturated heterocycles. The predicted molar refractivity (Wildman–Crippen MR) is 133 cm³/mol. The largest absolute Gasteiger partial charge is 0.481 e. The number of carbonyl (C=O) groups is 2. The fourth-order valence-electron chi connectivity index (χ4n) is 2.95. The fourth-order valence-corrected chi connectivity index (χ4v) is 2.95. The van der Waals surface area contributed by atoms with Crippen LogP contribution in [0.15, 0.2) is 54.2 Å². The minimum absolute atomic E-state index is 0.0961. The summed E-state index contributed by atoms with van der Waals surface area (Å²) in [5, 5.41) is 7.42. The fraction of sp³-hybridized carbons (Fsp3) is 0.481. The van der Waals surface area contributed by atoms with Gasteiger partial charge in [0, 0.05) is 24.1 Å². The summed E-state index contributed by atoms with van der Waals surface area (Å²) in [6.07, 6.45) is 3.64. The standard InChI is InChI=1S/C15H23F2N.C10H11F3O.C2H4O2/c1-3-5-11(6-4-2)15(18)10-12-9-13(16)7-8-14(12)17;1-7(9(3)14)5-4-6-8(2)10(11,12)13;1-2(3)4/h7-9,11,15H,3-6,10,18H2,1-2H3;4-6H,1H2,2-3H3;1H3,(H,3,4)/b;5-4-,8-6+;. The van der Waals surface area contributed by atoms with E-state index in [0.29, 0.717) is 17.9 Å². The number of halogens is 5. The van der Waals surface area contributed by atoms with Crippen molar-refractivity contribution in [3.8, 4) is 0 Å². The lowest BCUT2D eigenvalue weighted by atomic mass is 9.87. The van der Waals surface area contributed by atoms with Crippen molar-refractivity contribution in [2.75, 3.05) is 0 Å². The Morgan fingerprint density at radius 1 is 1.08 bits per heavy atom. The van der Waals surface area contributed by atoms with Crippen LogP contribution in [0.25, 0.3) is 0 Å². The maximum absolute atomic E-state index is 13.5. The minimum atomic E-state index is -4.32. The highest BCUT2D eigenvalue weighted by molar-refractivity contribution is 5.95. The number of allylic oxidation sites excluding steroid dienone is 5. The Labute approximate surface area is 210 Å². The first-order valence-corrected chi connectivity index (χ1v) is 11.6. The zero-order valence-electron chi connectivity index (χ0n) is 21.6. The summed E-state index contributed by atoms with van der Waals surface area (Å²) in [5.41, 5.74) is 6.00. The number of nitrogens with two attached hydrogens (primary N) is 1. The molecule has 204 valence electrons. The average molecular weight is 520 g/mol. The molecule has 0 aromatic heterocycles. The molecule has 0 amide bonds. The van der Waals surface area contributed by atoms with Gasteiger partial charge in [-0.3, -0.25) is 9.59 Å². The van der Waals surface area contributed by atoms with E-state index in [1.54, 1.807) is 0 Å². The Balaban J connectivity index is 0. The first-order chi connectivity index (χ1) is 16.6. The highest BCUT2D eigenvalue weighted by Crippen LogP contribution is 2.24. The van der Waals surface area contributed by atoms with Crippen LogP contribution in [-0.2, 0) is 16.0 Å². The Bertz CT molecular complexity index is 882. The van der Waals surface area contributed by atoms with Crippen LogP contribution in [0.3, 0.4) is 0 Å². The van der Waals surface area contributed by atoms with Gasteiger partial charge in [0.05, 0.1) is 0 Å². The van der Waals surface area contributed by atoms with Gasteiger partial charge in [0.25, 0.3) is 5.97 Å². The van der Waals surface area contributed by atoms with Gasteiger partial charge in [-0.05, 0) is 62.8 Å². The van der Waals surface area contributed by atoms with Gasteiger partial charge in [-0.15, -0.1) is 0 Å². The topological polar surface area (TPSA) is 80.4 Å². The lowest BCUT2D eigenvalue weighted by Gasteiger charge is -2.23. The average Bonchev–Trinajstić information content (AvgIpc) is 2.75. The van der Waals surface area contributed by atoms with Crippen LogP contribution in [0.4, 0.5) is 22.0 Å². The van der Waals surface area contributed by atoms with Gasteiger partial charge in [0.1, 0.15) is 11.6 Å². The monoisotopic (exact) mass is 519 g/mol. The van der Waals surface area contributed by atoms with Crippen molar-refractivity contribution in [1.82, 2.24) is 0 Å². The summed E-state index contributed by atoms with van der Waals surface area (Å²) in [7, 11) is 0. The number of hydrogen-bond acceptors (Lipinski definition) is 3. The van der Waals surface area contributed by atoms with Crippen molar-refractivity contribution in [2.45, 2.75) is 78.9 Å². The second-order valence-electron chi connectivity index (χ2n) is 8.25. The van der Waals surface area contributed by atoms with Crippen LogP contribution < -0.4 is 5.73 Å². The van der Waals surface area contributed by atoms with E-state index in [1.165, 1.54) is 25.1 Å². The minimum Gasteiger partial charge on any atom is -0.481 e. The Morgan fingerprint density at radius 3 is 2.00 bits per heavy atom. The predicted octanol–water partition coefficient (Wildman–Crippen LogP) is 7.34. The number of alkyl halides is 3. The lowest BCUT2D eigenvalue weighted by molar-refractivity contribution is -0.134. The summed E-state index contributed by atoms with van der Waals surface area (Å²) < 4.78 is 62.5. The number of carbonyl (C=O) groups excluding carboxylic acids is 1. The van der Waals surface area contributed by atoms with Crippen LogP contribution in [0.2, 0.25) is 0 Å². The lowest BCUT2D eigenvalue weighted by Crippen LogP contribution is -2.32. The summed E-state index contributed by atoms with van der Waals surface area (Å²) in [6.45, 7) is 11.0. The first kappa shape index (κ1) is 35.4. The molecule has 1 aromatic carbocycles. The molecule has 0 aliphatic heterocycles. The molecule has 1 rings (SSSR count). The van der Waals surface area contributed by atoms with E-state index in [9.17, 15) is 26.7 Å². The highest BCUT2D eigenvalue weighted by atomic mass is 19.4. The van der Waals surface area contributed by atoms with Crippen molar-refractivity contribution in [2.24, 2.45) is 11.7 Å². The molecule has 0 aliphatic rings. The van der Waals surface area contributed by atoms with Crippen LogP contribution in [0.1, 0.15) is 65.9 Å². The van der Waals surface area contributed by atoms with E-state index in [0.717, 1.165) is 57.7 Å². The second kappa shape index (κ2) is 18.5. The van der Waals surface area contributed by atoms with Gasteiger partial charge >= 0.3 is 6.18 Å². The molecule has 9 heteroatoms. The SMILES string of the molecule is C=C(/C=C\C=C(/C)C(F)(F)F)C(C)=O.CC(=O)O.CCCC(CCC)C(N)Cc1cc(F)ccc1F. The molecule has 3 N–H and O–H groups in total. The molecule has 36 heavy (non-hydrogen) atoms. The van der Waals surface area contributed by atoms with Crippen molar-refractivity contribution in [1.29, 1.82) is 0 Å². The normalized spacial score (nSPS) is 12.4. The summed E-state index contributed by atoms with van der Waals surface area (Å²) in [5.74, 6) is -1.47. The summed E-state index contributed by atoms with van der Waals surface area (Å²) in [6, 6.07) is 3.47. The number of benzene rings is 1. The van der Waals surface area contributed by atoms with Crippen LogP contribution in [-0.4, -0.2) is 29.1 Å². The van der Waals surface area contributed by atoms with Gasteiger partial charge in [0.2, 0.25) is 0 Å². The molecular weight excluding hydrogens is 481 g/mol. The van der Waals surface area contributed by atoms with Gasteiger partial charge in [0.15, 0.2) is 5.78 Å². The molecule has 0 radical (unpaired) electrons. The third-order valence-electron chi connectivity index (χ3n) is 4.93. The molecule has 1 aromatic rings. The van der Waals surface area contributed by atoms with Crippen molar-refractivity contribution in [3.05, 3.63) is 71.4 Å². The van der Waals surface area contributed by atoms with E-state index in [4.69, 9.17) is 15.6 Å². The van der Waals surface area contributed by atoms with Crippen LogP contribution in [0.5, 0.6) is 0 Å². The molecule has 0 heterocycles. The van der Waals surface area contributed by atoms with E-state index in [-0.39, 0.29) is 23.2 Å². The third kappa shape index (κ3) is 17.6. The quantitative estimate of drug-likeness (QED) is 0.193. The third-order valence-corrected chi connectivity index (χ3v) is 4.93. The van der Waals surface area contributed by atoms with Crippen LogP contribution >= 0.6 is 0 Å². The maximum atomic E-state index is 13.5. The second-order valence-corrected chi connectivity index (χ2v) is 8.25.